The summed E-state index contributed by atoms with van der Waals surface area (Å²) in [7, 11) is -3.61. The van der Waals surface area contributed by atoms with Crippen LogP contribution in [0, 0.1) is 5.92 Å². The Balaban J connectivity index is 1.37. The van der Waals surface area contributed by atoms with Crippen LogP contribution in [-0.2, 0) is 32.4 Å². The molecule has 0 aromatic heterocycles. The van der Waals surface area contributed by atoms with Crippen LogP contribution in [0.3, 0.4) is 0 Å². The molecule has 2 aliphatic rings. The Kier molecular flexibility index (Phi) is 6.08. The number of amides is 2. The van der Waals surface area contributed by atoms with Crippen LogP contribution in [0.4, 0.5) is 5.69 Å². The third-order valence-corrected chi connectivity index (χ3v) is 7.76. The molecule has 1 fully saturated rings. The number of hydrogen-bond donors (Lipinski definition) is 1. The van der Waals surface area contributed by atoms with Gasteiger partial charge in [-0.25, -0.2) is 8.42 Å². The number of fused-ring (bicyclic) bond motifs is 1. The Morgan fingerprint density at radius 2 is 1.84 bits per heavy atom. The van der Waals surface area contributed by atoms with E-state index in [2.05, 4.69) is 5.32 Å². The zero-order valence-electron chi connectivity index (χ0n) is 17.3. The van der Waals surface area contributed by atoms with Gasteiger partial charge in [-0.05, 0) is 67.6 Å². The molecule has 1 heterocycles. The number of carbonyl (C=O) groups excluding carboxylic acids is 2. The molecule has 31 heavy (non-hydrogen) atoms. The van der Waals surface area contributed by atoms with Crippen molar-refractivity contribution in [1.82, 2.24) is 5.32 Å². The van der Waals surface area contributed by atoms with Crippen molar-refractivity contribution in [2.24, 2.45) is 5.92 Å². The van der Waals surface area contributed by atoms with Gasteiger partial charge in [0.25, 0.3) is 0 Å². The smallest absolute Gasteiger partial charge is 0.230 e. The Morgan fingerprint density at radius 1 is 1.13 bits per heavy atom. The number of benzene rings is 2. The molecule has 1 aliphatic carbocycles. The van der Waals surface area contributed by atoms with Crippen molar-refractivity contribution < 1.29 is 18.0 Å². The number of hydrogen-bond acceptors (Lipinski definition) is 4. The minimum Gasteiger partial charge on any atom is -0.352 e. The van der Waals surface area contributed by atoms with Crippen LogP contribution in [0.15, 0.2) is 47.4 Å². The van der Waals surface area contributed by atoms with E-state index in [4.69, 9.17) is 11.6 Å². The first-order chi connectivity index (χ1) is 14.7. The second-order valence-electron chi connectivity index (χ2n) is 8.30. The third kappa shape index (κ3) is 4.93. The van der Waals surface area contributed by atoms with Gasteiger partial charge >= 0.3 is 0 Å². The van der Waals surface area contributed by atoms with E-state index >= 15 is 0 Å². The second-order valence-corrected chi connectivity index (χ2v) is 10.8. The van der Waals surface area contributed by atoms with E-state index < -0.39 is 9.84 Å². The SMILES string of the molecule is C[C@@H]1Cc2cc(S(=O)(=O)CCC(=O)NCc3ccc(Cl)cc3)ccc2N1C(=O)C1CC1. The van der Waals surface area contributed by atoms with Crippen LogP contribution < -0.4 is 10.2 Å². The van der Waals surface area contributed by atoms with Gasteiger partial charge in [0.1, 0.15) is 0 Å². The standard InChI is InChI=1S/C23H25ClN2O4S/c1-15-12-18-13-20(8-9-21(18)26(15)23(28)17-4-5-17)31(29,30)11-10-22(27)25-14-16-2-6-19(24)7-3-16/h2-3,6-9,13,15,17H,4-5,10-12,14H2,1H3,(H,25,27)/t15-/m1/s1. The molecule has 2 aromatic rings. The lowest BCUT2D eigenvalue weighted by Crippen LogP contribution is -2.36. The fourth-order valence-electron chi connectivity index (χ4n) is 3.90. The number of carbonyl (C=O) groups is 2. The Morgan fingerprint density at radius 3 is 2.52 bits per heavy atom. The van der Waals surface area contributed by atoms with Crippen molar-refractivity contribution >= 4 is 38.9 Å². The number of nitrogens with zero attached hydrogens (tertiary/aromatic N) is 1. The summed E-state index contributed by atoms with van der Waals surface area (Å²) in [6, 6.07) is 12.1. The molecule has 1 aliphatic heterocycles. The van der Waals surface area contributed by atoms with Crippen molar-refractivity contribution in [3.05, 3.63) is 58.6 Å². The largest absolute Gasteiger partial charge is 0.352 e. The van der Waals surface area contributed by atoms with Crippen molar-refractivity contribution in [2.75, 3.05) is 10.7 Å². The zero-order chi connectivity index (χ0) is 22.2. The van der Waals surface area contributed by atoms with Gasteiger partial charge in [0.2, 0.25) is 11.8 Å². The Hall–Kier alpha value is -2.38. The molecule has 164 valence electrons. The normalized spacial score (nSPS) is 18.0. The fourth-order valence-corrected chi connectivity index (χ4v) is 5.31. The summed E-state index contributed by atoms with van der Waals surface area (Å²) >= 11 is 5.84. The maximum Gasteiger partial charge on any atom is 0.230 e. The van der Waals surface area contributed by atoms with E-state index in [0.29, 0.717) is 18.0 Å². The molecule has 0 radical (unpaired) electrons. The van der Waals surface area contributed by atoms with E-state index in [1.54, 1.807) is 30.3 Å². The monoisotopic (exact) mass is 460 g/mol. The van der Waals surface area contributed by atoms with Gasteiger partial charge in [-0.3, -0.25) is 9.59 Å². The van der Waals surface area contributed by atoms with Crippen molar-refractivity contribution in [2.45, 2.75) is 50.1 Å². The molecule has 2 aromatic carbocycles. The molecule has 1 saturated carbocycles. The van der Waals surface area contributed by atoms with Crippen LogP contribution in [-0.4, -0.2) is 32.0 Å². The highest BCUT2D eigenvalue weighted by molar-refractivity contribution is 7.91. The summed E-state index contributed by atoms with van der Waals surface area (Å²) in [6.07, 6.45) is 2.39. The number of halogens is 1. The number of anilines is 1. The fraction of sp³-hybridized carbons (Fsp3) is 0.391. The molecule has 8 heteroatoms. The summed E-state index contributed by atoms with van der Waals surface area (Å²) < 4.78 is 25.6. The van der Waals surface area contributed by atoms with Crippen LogP contribution in [0.25, 0.3) is 0 Å². The first kappa shape index (κ1) is 21.8. The summed E-state index contributed by atoms with van der Waals surface area (Å²) in [5.41, 5.74) is 2.57. The average Bonchev–Trinajstić information content (AvgIpc) is 3.53. The molecule has 4 rings (SSSR count). The molecule has 2 amide bonds. The predicted molar refractivity (Wildman–Crippen MR) is 120 cm³/mol. The van der Waals surface area contributed by atoms with E-state index in [1.807, 2.05) is 24.0 Å². The number of sulfone groups is 1. The van der Waals surface area contributed by atoms with Crippen molar-refractivity contribution in [1.29, 1.82) is 0 Å². The number of rotatable bonds is 7. The second kappa shape index (κ2) is 8.63. The van der Waals surface area contributed by atoms with Crippen LogP contribution in [0.1, 0.15) is 37.3 Å². The highest BCUT2D eigenvalue weighted by Crippen LogP contribution is 2.39. The predicted octanol–water partition coefficient (Wildman–Crippen LogP) is 3.51. The molecule has 6 nitrogen and oxygen atoms in total. The molecular weight excluding hydrogens is 436 g/mol. The Labute approximate surface area is 187 Å². The zero-order valence-corrected chi connectivity index (χ0v) is 18.9. The Bertz CT molecular complexity index is 1110. The summed E-state index contributed by atoms with van der Waals surface area (Å²) in [5.74, 6) is -0.338. The average molecular weight is 461 g/mol. The topological polar surface area (TPSA) is 83.6 Å². The lowest BCUT2D eigenvalue weighted by atomic mass is 10.1. The van der Waals surface area contributed by atoms with Crippen molar-refractivity contribution in [3.63, 3.8) is 0 Å². The van der Waals surface area contributed by atoms with Gasteiger partial charge in [0.05, 0.1) is 10.6 Å². The van der Waals surface area contributed by atoms with Crippen LogP contribution in [0.5, 0.6) is 0 Å². The van der Waals surface area contributed by atoms with Crippen molar-refractivity contribution in [3.8, 4) is 0 Å². The van der Waals surface area contributed by atoms with Crippen LogP contribution >= 0.6 is 11.6 Å². The lowest BCUT2D eigenvalue weighted by molar-refractivity contribution is -0.121. The quantitative estimate of drug-likeness (QED) is 0.685. The molecule has 0 bridgehead atoms. The lowest BCUT2D eigenvalue weighted by Gasteiger charge is -2.22. The van der Waals surface area contributed by atoms with E-state index in [1.165, 1.54) is 0 Å². The van der Waals surface area contributed by atoms with Gasteiger partial charge < -0.3 is 10.2 Å². The summed E-state index contributed by atoms with van der Waals surface area (Å²) in [5, 5.41) is 3.35. The molecule has 1 N–H and O–H groups in total. The maximum absolute atomic E-state index is 12.8. The first-order valence-corrected chi connectivity index (χ1v) is 12.5. The van der Waals surface area contributed by atoms with Gasteiger partial charge in [-0.2, -0.15) is 0 Å². The molecular formula is C23H25ClN2O4S. The first-order valence-electron chi connectivity index (χ1n) is 10.4. The van der Waals surface area contributed by atoms with Gasteiger partial charge in [0, 0.05) is 35.6 Å². The van der Waals surface area contributed by atoms with E-state index in [9.17, 15) is 18.0 Å². The van der Waals surface area contributed by atoms with E-state index in [0.717, 1.165) is 29.7 Å². The van der Waals surface area contributed by atoms with Gasteiger partial charge in [0.15, 0.2) is 9.84 Å². The minimum atomic E-state index is -3.61. The van der Waals surface area contributed by atoms with Crippen LogP contribution in [0.2, 0.25) is 5.02 Å². The molecule has 0 saturated heterocycles. The molecule has 0 unspecified atom stereocenters. The summed E-state index contributed by atoms with van der Waals surface area (Å²) in [4.78, 5) is 26.7. The molecule has 0 spiro atoms. The molecule has 1 atom stereocenters. The maximum atomic E-state index is 12.8. The highest BCUT2D eigenvalue weighted by Gasteiger charge is 2.39. The highest BCUT2D eigenvalue weighted by atomic mass is 35.5. The van der Waals surface area contributed by atoms with Gasteiger partial charge in [-0.15, -0.1) is 0 Å². The number of nitrogens with one attached hydrogen (secondary N) is 1. The van der Waals surface area contributed by atoms with E-state index in [-0.39, 0.29) is 40.8 Å². The summed E-state index contributed by atoms with van der Waals surface area (Å²) in [6.45, 7) is 2.30. The minimum absolute atomic E-state index is 0.0275. The third-order valence-electron chi connectivity index (χ3n) is 5.79. The van der Waals surface area contributed by atoms with Gasteiger partial charge in [-0.1, -0.05) is 23.7 Å².